The van der Waals surface area contributed by atoms with Gasteiger partial charge in [0, 0.05) is 29.6 Å². The van der Waals surface area contributed by atoms with Crippen molar-refractivity contribution in [2.75, 3.05) is 17.2 Å². The predicted octanol–water partition coefficient (Wildman–Crippen LogP) is 4.62. The molecule has 118 valence electrons. The van der Waals surface area contributed by atoms with Gasteiger partial charge in [0.2, 0.25) is 5.91 Å². The van der Waals surface area contributed by atoms with E-state index >= 15 is 0 Å². The van der Waals surface area contributed by atoms with Crippen molar-refractivity contribution < 1.29 is 4.79 Å². The molecule has 0 aliphatic rings. The normalized spacial score (nSPS) is 10.7. The number of amides is 1. The molecule has 2 rings (SSSR count). The van der Waals surface area contributed by atoms with Gasteiger partial charge in [0.25, 0.3) is 0 Å². The Morgan fingerprint density at radius 3 is 2.64 bits per heavy atom. The summed E-state index contributed by atoms with van der Waals surface area (Å²) in [7, 11) is 0. The van der Waals surface area contributed by atoms with E-state index in [4.69, 9.17) is 0 Å². The highest BCUT2D eigenvalue weighted by molar-refractivity contribution is 7.14. The molecule has 1 amide bonds. The van der Waals surface area contributed by atoms with E-state index in [1.165, 1.54) is 0 Å². The molecule has 0 atom stereocenters. The lowest BCUT2D eigenvalue weighted by molar-refractivity contribution is -0.116. The first kappa shape index (κ1) is 16.5. The molecule has 0 bridgehead atoms. The summed E-state index contributed by atoms with van der Waals surface area (Å²) in [6.45, 7) is 7.14. The summed E-state index contributed by atoms with van der Waals surface area (Å²) in [4.78, 5) is 16.3. The van der Waals surface area contributed by atoms with Gasteiger partial charge in [-0.05, 0) is 24.5 Å². The SMILES string of the molecule is CCCNc1nc(-c2ccc(NC(=O)CC(C)C)cc2)cs1. The topological polar surface area (TPSA) is 54.0 Å². The van der Waals surface area contributed by atoms with Gasteiger partial charge in [-0.1, -0.05) is 32.9 Å². The third kappa shape index (κ3) is 4.84. The molecule has 0 aliphatic heterocycles. The molecular weight excluding hydrogens is 294 g/mol. The minimum atomic E-state index is 0.0578. The Morgan fingerprint density at radius 2 is 2.00 bits per heavy atom. The van der Waals surface area contributed by atoms with E-state index in [9.17, 15) is 4.79 Å². The smallest absolute Gasteiger partial charge is 0.224 e. The summed E-state index contributed by atoms with van der Waals surface area (Å²) in [5, 5.41) is 9.20. The highest BCUT2D eigenvalue weighted by Gasteiger charge is 2.07. The van der Waals surface area contributed by atoms with Crippen molar-refractivity contribution in [3.05, 3.63) is 29.6 Å². The molecule has 0 saturated heterocycles. The second-order valence-corrected chi connectivity index (χ2v) is 6.55. The number of hydrogen-bond donors (Lipinski definition) is 2. The van der Waals surface area contributed by atoms with E-state index in [1.54, 1.807) is 11.3 Å². The highest BCUT2D eigenvalue weighted by Crippen LogP contribution is 2.26. The zero-order valence-electron chi connectivity index (χ0n) is 13.3. The Morgan fingerprint density at radius 1 is 1.27 bits per heavy atom. The van der Waals surface area contributed by atoms with Crippen LogP contribution in [0.25, 0.3) is 11.3 Å². The molecule has 22 heavy (non-hydrogen) atoms. The van der Waals surface area contributed by atoms with Crippen molar-refractivity contribution in [2.24, 2.45) is 5.92 Å². The lowest BCUT2D eigenvalue weighted by Crippen LogP contribution is -2.13. The van der Waals surface area contributed by atoms with Crippen LogP contribution in [0.4, 0.5) is 10.8 Å². The van der Waals surface area contributed by atoms with Crippen LogP contribution in [0.5, 0.6) is 0 Å². The quantitative estimate of drug-likeness (QED) is 0.783. The number of anilines is 2. The molecule has 0 saturated carbocycles. The third-order valence-corrected chi connectivity index (χ3v) is 3.89. The van der Waals surface area contributed by atoms with E-state index in [0.717, 1.165) is 35.0 Å². The summed E-state index contributed by atoms with van der Waals surface area (Å²) in [5.74, 6) is 0.422. The summed E-state index contributed by atoms with van der Waals surface area (Å²) >= 11 is 1.61. The van der Waals surface area contributed by atoms with Gasteiger partial charge in [-0.25, -0.2) is 4.98 Å². The molecule has 1 aromatic carbocycles. The lowest BCUT2D eigenvalue weighted by Gasteiger charge is -2.07. The van der Waals surface area contributed by atoms with Gasteiger partial charge < -0.3 is 10.6 Å². The van der Waals surface area contributed by atoms with Crippen LogP contribution in [0.1, 0.15) is 33.6 Å². The molecule has 0 aliphatic carbocycles. The number of hydrogen-bond acceptors (Lipinski definition) is 4. The molecule has 0 radical (unpaired) electrons. The molecule has 2 aromatic rings. The monoisotopic (exact) mass is 317 g/mol. The largest absolute Gasteiger partial charge is 0.362 e. The molecule has 4 nitrogen and oxygen atoms in total. The summed E-state index contributed by atoms with van der Waals surface area (Å²) in [6.07, 6.45) is 1.62. The van der Waals surface area contributed by atoms with E-state index in [2.05, 4.69) is 22.5 Å². The molecular formula is C17H23N3OS. The van der Waals surface area contributed by atoms with Crippen LogP contribution in [0, 0.1) is 5.92 Å². The predicted molar refractivity (Wildman–Crippen MR) is 94.4 cm³/mol. The van der Waals surface area contributed by atoms with Crippen LogP contribution in [-0.2, 0) is 4.79 Å². The Balaban J connectivity index is 1.99. The van der Waals surface area contributed by atoms with Crippen molar-refractivity contribution >= 4 is 28.1 Å². The molecule has 2 N–H and O–H groups in total. The number of nitrogens with zero attached hydrogens (tertiary/aromatic N) is 1. The van der Waals surface area contributed by atoms with E-state index in [0.29, 0.717) is 12.3 Å². The second-order valence-electron chi connectivity index (χ2n) is 5.69. The first-order valence-electron chi connectivity index (χ1n) is 7.68. The van der Waals surface area contributed by atoms with Crippen molar-refractivity contribution in [1.82, 2.24) is 4.98 Å². The van der Waals surface area contributed by atoms with E-state index in [1.807, 2.05) is 43.5 Å². The molecule has 0 spiro atoms. The maximum atomic E-state index is 11.8. The molecule has 5 heteroatoms. The Bertz CT molecular complexity index is 605. The number of carbonyl (C=O) groups is 1. The first-order chi connectivity index (χ1) is 10.6. The van der Waals surface area contributed by atoms with Gasteiger partial charge in [0.05, 0.1) is 5.69 Å². The Kier molecular flexibility index (Phi) is 5.95. The van der Waals surface area contributed by atoms with Gasteiger partial charge in [0.15, 0.2) is 5.13 Å². The minimum absolute atomic E-state index is 0.0578. The Hall–Kier alpha value is -1.88. The number of nitrogens with one attached hydrogen (secondary N) is 2. The van der Waals surface area contributed by atoms with Crippen molar-refractivity contribution in [2.45, 2.75) is 33.6 Å². The van der Waals surface area contributed by atoms with Gasteiger partial charge in [-0.15, -0.1) is 11.3 Å². The van der Waals surface area contributed by atoms with Crippen LogP contribution in [0.2, 0.25) is 0 Å². The number of carbonyl (C=O) groups excluding carboxylic acids is 1. The molecule has 0 fully saturated rings. The number of rotatable bonds is 7. The van der Waals surface area contributed by atoms with Crippen LogP contribution >= 0.6 is 11.3 Å². The fourth-order valence-electron chi connectivity index (χ4n) is 2.03. The van der Waals surface area contributed by atoms with Crippen LogP contribution in [0.3, 0.4) is 0 Å². The van der Waals surface area contributed by atoms with Crippen LogP contribution in [-0.4, -0.2) is 17.4 Å². The van der Waals surface area contributed by atoms with Crippen LogP contribution in [0.15, 0.2) is 29.6 Å². The van der Waals surface area contributed by atoms with Crippen molar-refractivity contribution in [3.63, 3.8) is 0 Å². The van der Waals surface area contributed by atoms with E-state index in [-0.39, 0.29) is 5.91 Å². The average molecular weight is 317 g/mol. The number of benzene rings is 1. The maximum absolute atomic E-state index is 11.8. The first-order valence-corrected chi connectivity index (χ1v) is 8.56. The minimum Gasteiger partial charge on any atom is -0.362 e. The average Bonchev–Trinajstić information content (AvgIpc) is 2.94. The van der Waals surface area contributed by atoms with Gasteiger partial charge in [0.1, 0.15) is 0 Å². The van der Waals surface area contributed by atoms with Crippen LogP contribution < -0.4 is 10.6 Å². The zero-order chi connectivity index (χ0) is 15.9. The molecule has 0 unspecified atom stereocenters. The summed E-state index contributed by atoms with van der Waals surface area (Å²) < 4.78 is 0. The number of thiazole rings is 1. The Labute approximate surface area is 136 Å². The fourth-order valence-corrected chi connectivity index (χ4v) is 2.78. The fraction of sp³-hybridized carbons (Fsp3) is 0.412. The molecule has 1 heterocycles. The van der Waals surface area contributed by atoms with E-state index < -0.39 is 0 Å². The zero-order valence-corrected chi connectivity index (χ0v) is 14.2. The van der Waals surface area contributed by atoms with Gasteiger partial charge in [-0.2, -0.15) is 0 Å². The second kappa shape index (κ2) is 7.94. The van der Waals surface area contributed by atoms with Crippen molar-refractivity contribution in [1.29, 1.82) is 0 Å². The van der Waals surface area contributed by atoms with Crippen molar-refractivity contribution in [3.8, 4) is 11.3 Å². The van der Waals surface area contributed by atoms with Gasteiger partial charge in [-0.3, -0.25) is 4.79 Å². The van der Waals surface area contributed by atoms with Gasteiger partial charge >= 0.3 is 0 Å². The highest BCUT2D eigenvalue weighted by atomic mass is 32.1. The third-order valence-electron chi connectivity index (χ3n) is 3.09. The standard InChI is InChI=1S/C17H23N3OS/c1-4-9-18-17-20-15(11-22-17)13-5-7-14(8-6-13)19-16(21)10-12(2)3/h5-8,11-12H,4,9-10H2,1-3H3,(H,18,20)(H,19,21). The molecule has 1 aromatic heterocycles. The summed E-state index contributed by atoms with van der Waals surface area (Å²) in [5.41, 5.74) is 2.85. The number of aromatic nitrogens is 1. The summed E-state index contributed by atoms with van der Waals surface area (Å²) in [6, 6.07) is 7.82. The maximum Gasteiger partial charge on any atom is 0.224 e. The lowest BCUT2D eigenvalue weighted by atomic mass is 10.1.